The molecule has 1 amide bonds. The molecule has 6 nitrogen and oxygen atoms in total. The maximum atomic E-state index is 11.3. The van der Waals surface area contributed by atoms with Gasteiger partial charge in [-0.2, -0.15) is 0 Å². The Morgan fingerprint density at radius 1 is 1.38 bits per heavy atom. The van der Waals surface area contributed by atoms with Crippen molar-refractivity contribution in [2.75, 3.05) is 13.1 Å². The van der Waals surface area contributed by atoms with Gasteiger partial charge >= 0.3 is 0 Å². The van der Waals surface area contributed by atoms with Gasteiger partial charge in [-0.15, -0.1) is 24.0 Å². The summed E-state index contributed by atoms with van der Waals surface area (Å²) in [5.74, 6) is 0.304. The highest BCUT2D eigenvalue weighted by atomic mass is 127. The number of rotatable bonds is 6. The highest BCUT2D eigenvalue weighted by Gasteiger charge is 2.24. The van der Waals surface area contributed by atoms with E-state index in [1.807, 2.05) is 25.1 Å². The van der Waals surface area contributed by atoms with E-state index in [9.17, 15) is 4.79 Å². The molecule has 0 saturated carbocycles. The maximum Gasteiger partial charge on any atom is 0.224 e. The number of hydrogen-bond donors (Lipinski definition) is 3. The van der Waals surface area contributed by atoms with Crippen LogP contribution < -0.4 is 16.4 Å². The first kappa shape index (κ1) is 19.6. The number of aliphatic imine (C=N–C) groups is 1. The van der Waals surface area contributed by atoms with E-state index in [0.29, 0.717) is 19.0 Å². The molecule has 21 heavy (non-hydrogen) atoms. The molecule has 1 heterocycles. The second kappa shape index (κ2) is 9.54. The molecule has 1 rings (SSSR count). The van der Waals surface area contributed by atoms with Crippen molar-refractivity contribution in [3.05, 3.63) is 30.1 Å². The molecule has 0 aromatic carbocycles. The van der Waals surface area contributed by atoms with Gasteiger partial charge in [0.15, 0.2) is 5.96 Å². The standard InChI is InChI=1S/C14H23N5O.HI/c1-4-16-13(19-10-14(2,3)12(15)20)18-9-11-7-5-6-8-17-11;/h5-8H,4,9-10H2,1-3H3,(H2,15,20)(H2,16,18,19);1H. The molecule has 0 fully saturated rings. The molecule has 0 aliphatic heterocycles. The predicted octanol–water partition coefficient (Wildman–Crippen LogP) is 1.27. The summed E-state index contributed by atoms with van der Waals surface area (Å²) in [7, 11) is 0. The monoisotopic (exact) mass is 405 g/mol. The van der Waals surface area contributed by atoms with E-state index >= 15 is 0 Å². The zero-order valence-corrected chi connectivity index (χ0v) is 15.0. The van der Waals surface area contributed by atoms with E-state index < -0.39 is 5.41 Å². The van der Waals surface area contributed by atoms with Crippen LogP contribution in [-0.2, 0) is 11.3 Å². The summed E-state index contributed by atoms with van der Waals surface area (Å²) in [6.45, 7) is 7.22. The normalized spacial score (nSPS) is 11.5. The number of halogens is 1. The van der Waals surface area contributed by atoms with E-state index in [-0.39, 0.29) is 29.9 Å². The Bertz CT molecular complexity index is 462. The smallest absolute Gasteiger partial charge is 0.224 e. The second-order valence-corrected chi connectivity index (χ2v) is 5.12. The SMILES string of the molecule is CCNC(=NCc1ccccn1)NCC(C)(C)C(N)=O.I. The lowest BCUT2D eigenvalue weighted by Gasteiger charge is -2.22. The Morgan fingerprint density at radius 3 is 2.62 bits per heavy atom. The Labute approximate surface area is 143 Å². The van der Waals surface area contributed by atoms with Gasteiger partial charge in [0, 0.05) is 19.3 Å². The van der Waals surface area contributed by atoms with E-state index in [2.05, 4.69) is 20.6 Å². The first-order chi connectivity index (χ1) is 9.45. The molecule has 0 unspecified atom stereocenters. The van der Waals surface area contributed by atoms with Crippen LogP contribution in [0.15, 0.2) is 29.4 Å². The van der Waals surface area contributed by atoms with Crippen molar-refractivity contribution in [3.63, 3.8) is 0 Å². The molecule has 0 saturated heterocycles. The molecule has 0 bridgehead atoms. The predicted molar refractivity (Wildman–Crippen MR) is 95.4 cm³/mol. The molecule has 7 heteroatoms. The Balaban J connectivity index is 0.00000400. The van der Waals surface area contributed by atoms with E-state index in [0.717, 1.165) is 12.2 Å². The maximum absolute atomic E-state index is 11.3. The number of nitrogens with zero attached hydrogens (tertiary/aromatic N) is 2. The van der Waals surface area contributed by atoms with Gasteiger partial charge in [-0.3, -0.25) is 9.78 Å². The van der Waals surface area contributed by atoms with Crippen LogP contribution in [0.5, 0.6) is 0 Å². The Morgan fingerprint density at radius 2 is 2.10 bits per heavy atom. The average molecular weight is 405 g/mol. The third-order valence-electron chi connectivity index (χ3n) is 2.83. The fraction of sp³-hybridized carbons (Fsp3) is 0.500. The molecule has 0 aliphatic rings. The first-order valence-electron chi connectivity index (χ1n) is 6.67. The minimum atomic E-state index is -0.624. The van der Waals surface area contributed by atoms with Crippen molar-refractivity contribution in [2.24, 2.45) is 16.1 Å². The Hall–Kier alpha value is -1.38. The zero-order chi connectivity index (χ0) is 15.0. The quantitative estimate of drug-likeness (QED) is 0.378. The van der Waals surface area contributed by atoms with Gasteiger partial charge in [-0.25, -0.2) is 4.99 Å². The molecule has 1 aromatic rings. The van der Waals surface area contributed by atoms with Crippen LogP contribution >= 0.6 is 24.0 Å². The number of nitrogens with two attached hydrogens (primary N) is 1. The van der Waals surface area contributed by atoms with Crippen LogP contribution in [0.1, 0.15) is 26.5 Å². The van der Waals surface area contributed by atoms with Gasteiger partial charge in [0.1, 0.15) is 0 Å². The number of guanidine groups is 1. The number of aromatic nitrogens is 1. The first-order valence-corrected chi connectivity index (χ1v) is 6.67. The summed E-state index contributed by atoms with van der Waals surface area (Å²) in [5, 5.41) is 6.25. The van der Waals surface area contributed by atoms with Crippen LogP contribution in [0.3, 0.4) is 0 Å². The minimum Gasteiger partial charge on any atom is -0.369 e. The number of nitrogens with one attached hydrogen (secondary N) is 2. The lowest BCUT2D eigenvalue weighted by molar-refractivity contribution is -0.125. The van der Waals surface area contributed by atoms with Crippen LogP contribution in [0.2, 0.25) is 0 Å². The van der Waals surface area contributed by atoms with Gasteiger partial charge in [0.2, 0.25) is 5.91 Å². The Kier molecular flexibility index (Phi) is 8.91. The molecular formula is C14H24IN5O. The number of amides is 1. The van der Waals surface area contributed by atoms with Crippen molar-refractivity contribution >= 4 is 35.8 Å². The van der Waals surface area contributed by atoms with Crippen LogP contribution in [0.4, 0.5) is 0 Å². The van der Waals surface area contributed by atoms with Gasteiger partial charge in [0.05, 0.1) is 17.7 Å². The molecule has 0 atom stereocenters. The van der Waals surface area contributed by atoms with Crippen molar-refractivity contribution in [1.82, 2.24) is 15.6 Å². The summed E-state index contributed by atoms with van der Waals surface area (Å²) in [6.07, 6.45) is 1.74. The van der Waals surface area contributed by atoms with Crippen molar-refractivity contribution < 1.29 is 4.79 Å². The summed E-state index contributed by atoms with van der Waals surface area (Å²) >= 11 is 0. The van der Waals surface area contributed by atoms with E-state index in [1.54, 1.807) is 20.0 Å². The molecular weight excluding hydrogens is 381 g/mol. The molecule has 4 N–H and O–H groups in total. The van der Waals surface area contributed by atoms with Gasteiger partial charge in [0.25, 0.3) is 0 Å². The van der Waals surface area contributed by atoms with Crippen LogP contribution in [0.25, 0.3) is 0 Å². The van der Waals surface area contributed by atoms with Crippen molar-refractivity contribution in [1.29, 1.82) is 0 Å². The molecule has 0 radical (unpaired) electrons. The summed E-state index contributed by atoms with van der Waals surface area (Å²) in [6, 6.07) is 5.71. The fourth-order valence-corrected chi connectivity index (χ4v) is 1.39. The summed E-state index contributed by atoms with van der Waals surface area (Å²) < 4.78 is 0. The average Bonchev–Trinajstić information content (AvgIpc) is 2.43. The third kappa shape index (κ3) is 7.26. The minimum absolute atomic E-state index is 0. The highest BCUT2D eigenvalue weighted by Crippen LogP contribution is 2.11. The zero-order valence-electron chi connectivity index (χ0n) is 12.7. The summed E-state index contributed by atoms with van der Waals surface area (Å²) in [4.78, 5) is 19.9. The number of hydrogen-bond acceptors (Lipinski definition) is 3. The van der Waals surface area contributed by atoms with Crippen LogP contribution in [-0.4, -0.2) is 29.9 Å². The molecule has 1 aromatic heterocycles. The molecule has 0 spiro atoms. The van der Waals surface area contributed by atoms with Crippen molar-refractivity contribution in [3.8, 4) is 0 Å². The number of pyridine rings is 1. The van der Waals surface area contributed by atoms with Gasteiger partial charge in [-0.05, 0) is 32.9 Å². The topological polar surface area (TPSA) is 92.4 Å². The largest absolute Gasteiger partial charge is 0.369 e. The molecule has 118 valence electrons. The lowest BCUT2D eigenvalue weighted by atomic mass is 9.93. The number of carbonyl (C=O) groups is 1. The number of primary amides is 1. The van der Waals surface area contributed by atoms with E-state index in [1.165, 1.54) is 0 Å². The fourth-order valence-electron chi connectivity index (χ4n) is 1.39. The summed E-state index contributed by atoms with van der Waals surface area (Å²) in [5.41, 5.74) is 5.61. The third-order valence-corrected chi connectivity index (χ3v) is 2.83. The highest BCUT2D eigenvalue weighted by molar-refractivity contribution is 14.0. The van der Waals surface area contributed by atoms with Gasteiger partial charge < -0.3 is 16.4 Å². The molecule has 0 aliphatic carbocycles. The van der Waals surface area contributed by atoms with E-state index in [4.69, 9.17) is 5.73 Å². The second-order valence-electron chi connectivity index (χ2n) is 5.12. The van der Waals surface area contributed by atoms with Crippen LogP contribution in [0, 0.1) is 5.41 Å². The van der Waals surface area contributed by atoms with Crippen molar-refractivity contribution in [2.45, 2.75) is 27.3 Å². The lowest BCUT2D eigenvalue weighted by Crippen LogP contribution is -2.46. The van der Waals surface area contributed by atoms with Gasteiger partial charge in [-0.1, -0.05) is 6.07 Å². The number of carbonyl (C=O) groups excluding carboxylic acids is 1.